The van der Waals surface area contributed by atoms with Gasteiger partial charge in [0.2, 0.25) is 0 Å². The van der Waals surface area contributed by atoms with Crippen molar-refractivity contribution in [2.75, 3.05) is 0 Å². The zero-order valence-electron chi connectivity index (χ0n) is 33.1. The van der Waals surface area contributed by atoms with Gasteiger partial charge in [0.1, 0.15) is 0 Å². The second-order valence-corrected chi connectivity index (χ2v) is 20.1. The van der Waals surface area contributed by atoms with Gasteiger partial charge in [-0.3, -0.25) is 0 Å². The molecule has 0 nitrogen and oxygen atoms in total. The van der Waals surface area contributed by atoms with Gasteiger partial charge in [0.15, 0.2) is 0 Å². The molecule has 0 fully saturated rings. The van der Waals surface area contributed by atoms with Crippen molar-refractivity contribution in [1.82, 2.24) is 0 Å². The van der Waals surface area contributed by atoms with E-state index in [4.69, 9.17) is 0 Å². The van der Waals surface area contributed by atoms with Gasteiger partial charge < -0.3 is 0 Å². The molecular weight excluding hydrogens is 689 g/mol. The van der Waals surface area contributed by atoms with Crippen LogP contribution in [0.1, 0.15) is 95.8 Å². The molecule has 6 aromatic carbocycles. The summed E-state index contributed by atoms with van der Waals surface area (Å²) < 4.78 is 2.72. The lowest BCUT2D eigenvalue weighted by Gasteiger charge is -2.23. The average Bonchev–Trinajstić information content (AvgIpc) is 3.83. The largest absolute Gasteiger partial charge is 0.134 e. The summed E-state index contributed by atoms with van der Waals surface area (Å²) in [4.78, 5) is 2.82. The molecule has 0 N–H and O–H groups in total. The molecule has 0 spiro atoms. The number of thiophene rings is 2. The van der Waals surface area contributed by atoms with Gasteiger partial charge >= 0.3 is 0 Å². The molecule has 0 saturated carbocycles. The highest BCUT2D eigenvalue weighted by molar-refractivity contribution is 7.21. The summed E-state index contributed by atoms with van der Waals surface area (Å²) in [7, 11) is 0. The quantitative estimate of drug-likeness (QED) is 0.166. The molecule has 54 heavy (non-hydrogen) atoms. The smallest absolute Gasteiger partial charge is 0.0446 e. The first-order valence-electron chi connectivity index (χ1n) is 19.3. The van der Waals surface area contributed by atoms with Crippen LogP contribution in [0.3, 0.4) is 0 Å². The fourth-order valence-corrected chi connectivity index (χ4v) is 12.0. The molecule has 2 aromatic heterocycles. The van der Waals surface area contributed by atoms with E-state index in [1.54, 1.807) is 0 Å². The van der Waals surface area contributed by atoms with E-state index in [2.05, 4.69) is 166 Å². The van der Waals surface area contributed by atoms with Crippen LogP contribution in [0.2, 0.25) is 0 Å². The van der Waals surface area contributed by atoms with Crippen molar-refractivity contribution in [2.24, 2.45) is 0 Å². The molecule has 0 saturated heterocycles. The summed E-state index contributed by atoms with van der Waals surface area (Å²) in [6.07, 6.45) is 0. The summed E-state index contributed by atoms with van der Waals surface area (Å²) in [5, 5.41) is 8.08. The number of benzene rings is 6. The highest BCUT2D eigenvalue weighted by Crippen LogP contribution is 2.50. The Balaban J connectivity index is 1.32. The maximum atomic E-state index is 2.53. The molecular formula is C52H46S2. The minimum Gasteiger partial charge on any atom is -0.134 e. The SMILES string of the molecule is Cc1cc(C(C)(C)C)cc(C)c1C1=c2cc3cc4c(cc3cc2-c2c1sc1ccccc21)=C(c1c(C)cc(C(C)(C)C)cc1C)c1sc2ccccc2c1-4. The zero-order chi connectivity index (χ0) is 37.6. The van der Waals surface area contributed by atoms with E-state index in [0.717, 1.165) is 0 Å². The molecule has 0 unspecified atom stereocenters. The Kier molecular flexibility index (Phi) is 7.12. The minimum absolute atomic E-state index is 0.0952. The molecule has 0 bridgehead atoms. The number of rotatable bonds is 2. The zero-order valence-corrected chi connectivity index (χ0v) is 34.7. The predicted molar refractivity (Wildman–Crippen MR) is 237 cm³/mol. The van der Waals surface area contributed by atoms with Gasteiger partial charge in [0, 0.05) is 52.2 Å². The second kappa shape index (κ2) is 11.4. The number of aryl methyl sites for hydroxylation is 4. The standard InChI is InChI=1S/C52H46S2/c1-27-19-33(51(5,6)7)20-28(2)43(27)47-39-25-31-24-38-40(26-32(31)23-37(39)45-35-15-11-13-17-41(35)53-49(45)47)48(50-46(38)36-16-12-14-18-42(36)54-50)44-29(3)21-34(22-30(44)4)52(8,9)10/h11-26H,1-10H3. The fourth-order valence-electron chi connectivity index (χ4n) is 9.48. The first kappa shape index (κ1) is 33.8. The van der Waals surface area contributed by atoms with Crippen molar-refractivity contribution in [3.63, 3.8) is 0 Å². The Labute approximate surface area is 327 Å². The van der Waals surface area contributed by atoms with E-state index in [1.807, 2.05) is 22.7 Å². The molecule has 0 amide bonds. The number of hydrogen-bond acceptors (Lipinski definition) is 2. The molecule has 10 rings (SSSR count). The average molecular weight is 735 g/mol. The van der Waals surface area contributed by atoms with Crippen molar-refractivity contribution in [2.45, 2.75) is 80.1 Å². The van der Waals surface area contributed by atoms with Gasteiger partial charge in [-0.25, -0.2) is 0 Å². The van der Waals surface area contributed by atoms with Crippen LogP contribution < -0.4 is 10.4 Å². The van der Waals surface area contributed by atoms with Crippen molar-refractivity contribution >= 4 is 64.8 Å². The molecule has 0 radical (unpaired) electrons. The van der Waals surface area contributed by atoms with Crippen molar-refractivity contribution in [3.8, 4) is 22.3 Å². The Hall–Kier alpha value is -4.76. The number of hydrogen-bond donors (Lipinski definition) is 0. The van der Waals surface area contributed by atoms with Crippen molar-refractivity contribution in [3.05, 3.63) is 162 Å². The summed E-state index contributed by atoms with van der Waals surface area (Å²) in [6, 6.07) is 37.9. The minimum atomic E-state index is 0.0952. The Bertz CT molecular complexity index is 2830. The third-order valence-corrected chi connectivity index (χ3v) is 14.5. The maximum Gasteiger partial charge on any atom is 0.0446 e. The van der Waals surface area contributed by atoms with Crippen LogP contribution in [-0.4, -0.2) is 0 Å². The Morgan fingerprint density at radius 2 is 0.759 bits per heavy atom. The first-order valence-corrected chi connectivity index (χ1v) is 21.0. The van der Waals surface area contributed by atoms with Gasteiger partial charge in [-0.1, -0.05) is 102 Å². The van der Waals surface area contributed by atoms with Crippen LogP contribution in [0.15, 0.2) is 97.1 Å². The second-order valence-electron chi connectivity index (χ2n) is 18.0. The van der Waals surface area contributed by atoms with Gasteiger partial charge in [0.05, 0.1) is 0 Å². The van der Waals surface area contributed by atoms with Crippen LogP contribution >= 0.6 is 22.7 Å². The van der Waals surface area contributed by atoms with Gasteiger partial charge in [-0.2, -0.15) is 0 Å². The van der Waals surface area contributed by atoms with E-state index < -0.39 is 0 Å². The van der Waals surface area contributed by atoms with Crippen LogP contribution in [0, 0.1) is 27.7 Å². The lowest BCUT2D eigenvalue weighted by Crippen LogP contribution is -2.14. The van der Waals surface area contributed by atoms with E-state index >= 15 is 0 Å². The number of fused-ring (bicyclic) bond motifs is 11. The lowest BCUT2D eigenvalue weighted by atomic mass is 9.82. The highest BCUT2D eigenvalue weighted by Gasteiger charge is 2.32. The van der Waals surface area contributed by atoms with E-state index in [9.17, 15) is 0 Å². The summed E-state index contributed by atoms with van der Waals surface area (Å²) >= 11 is 3.92. The summed E-state index contributed by atoms with van der Waals surface area (Å²) in [5.41, 5.74) is 19.5. The monoisotopic (exact) mass is 734 g/mol. The Morgan fingerprint density at radius 1 is 0.407 bits per heavy atom. The first-order chi connectivity index (χ1) is 25.7. The lowest BCUT2D eigenvalue weighted by molar-refractivity contribution is 0.589. The van der Waals surface area contributed by atoms with Crippen LogP contribution in [-0.2, 0) is 10.8 Å². The van der Waals surface area contributed by atoms with Crippen molar-refractivity contribution in [1.29, 1.82) is 0 Å². The predicted octanol–water partition coefficient (Wildman–Crippen LogP) is 13.6. The molecule has 0 aliphatic heterocycles. The highest BCUT2D eigenvalue weighted by atomic mass is 32.1. The molecule has 2 aliphatic carbocycles. The molecule has 2 heteroatoms. The van der Waals surface area contributed by atoms with Crippen LogP contribution in [0.5, 0.6) is 0 Å². The summed E-state index contributed by atoms with van der Waals surface area (Å²) in [6.45, 7) is 23.2. The third-order valence-electron chi connectivity index (χ3n) is 12.1. The topological polar surface area (TPSA) is 0 Å². The molecule has 8 aromatic rings. The molecule has 2 aliphatic rings. The normalized spacial score (nSPS) is 13.7. The Morgan fingerprint density at radius 3 is 1.11 bits per heavy atom. The van der Waals surface area contributed by atoms with E-state index in [-0.39, 0.29) is 10.8 Å². The molecule has 2 heterocycles. The maximum absolute atomic E-state index is 2.53. The van der Waals surface area contributed by atoms with E-state index in [0.29, 0.717) is 0 Å². The van der Waals surface area contributed by atoms with Crippen molar-refractivity contribution < 1.29 is 0 Å². The van der Waals surface area contributed by atoms with Crippen LogP contribution in [0.4, 0.5) is 0 Å². The van der Waals surface area contributed by atoms with Gasteiger partial charge in [-0.15, -0.1) is 22.7 Å². The fraction of sp³-hybridized carbons (Fsp3) is 0.231. The molecule has 0 atom stereocenters. The third kappa shape index (κ3) is 4.79. The van der Waals surface area contributed by atoms with Crippen LogP contribution in [0.25, 0.3) is 64.3 Å². The summed E-state index contributed by atoms with van der Waals surface area (Å²) in [5.74, 6) is 0. The van der Waals surface area contributed by atoms with Gasteiger partial charge in [0.25, 0.3) is 0 Å². The van der Waals surface area contributed by atoms with Gasteiger partial charge in [-0.05, 0) is 152 Å². The molecule has 266 valence electrons. The van der Waals surface area contributed by atoms with E-state index in [1.165, 1.54) is 129 Å².